The lowest BCUT2D eigenvalue weighted by atomic mass is 9.97. The van der Waals surface area contributed by atoms with Gasteiger partial charge in [0.05, 0.1) is 29.4 Å². The Morgan fingerprint density at radius 3 is 2.96 bits per heavy atom. The predicted molar refractivity (Wildman–Crippen MR) is 114 cm³/mol. The van der Waals surface area contributed by atoms with Crippen molar-refractivity contribution in [2.45, 2.75) is 12.8 Å². The molecule has 2 N–H and O–H groups in total. The molecular weight excluding hydrogens is 419 g/mol. The fourth-order valence-electron chi connectivity index (χ4n) is 3.01. The van der Waals surface area contributed by atoms with Gasteiger partial charge in [-0.15, -0.1) is 11.3 Å². The molecular formula is C19H20Cl2N4O2S. The van der Waals surface area contributed by atoms with E-state index in [9.17, 15) is 9.59 Å². The molecule has 0 spiro atoms. The first-order valence-corrected chi connectivity index (χ1v) is 10.5. The van der Waals surface area contributed by atoms with Gasteiger partial charge in [-0.2, -0.15) is 5.10 Å². The molecule has 1 aliphatic rings. The maximum Gasteiger partial charge on any atom is 0.244 e. The number of nitrogens with one attached hydrogen (secondary N) is 2. The summed E-state index contributed by atoms with van der Waals surface area (Å²) in [5.41, 5.74) is 3.08. The van der Waals surface area contributed by atoms with E-state index in [0.29, 0.717) is 22.3 Å². The van der Waals surface area contributed by atoms with Gasteiger partial charge in [-0.3, -0.25) is 14.5 Å². The lowest BCUT2D eigenvalue weighted by Crippen LogP contribution is -2.44. The van der Waals surface area contributed by atoms with Gasteiger partial charge in [0.15, 0.2) is 0 Å². The van der Waals surface area contributed by atoms with Crippen molar-refractivity contribution < 1.29 is 9.59 Å². The number of hydrazone groups is 1. The number of rotatable bonds is 6. The molecule has 0 bridgehead atoms. The Kier molecular flexibility index (Phi) is 7.44. The van der Waals surface area contributed by atoms with Crippen LogP contribution in [0, 0.1) is 5.92 Å². The van der Waals surface area contributed by atoms with E-state index in [1.807, 2.05) is 22.4 Å². The van der Waals surface area contributed by atoms with Gasteiger partial charge in [0.1, 0.15) is 0 Å². The summed E-state index contributed by atoms with van der Waals surface area (Å²) in [7, 11) is 0. The Labute approximate surface area is 177 Å². The monoisotopic (exact) mass is 438 g/mol. The first-order valence-electron chi connectivity index (χ1n) is 8.85. The Bertz CT molecular complexity index is 858. The standard InChI is InChI=1S/C19H20Cl2N4O2S/c20-14-5-6-16(21)17(9-14)23-18(26)12-25-7-1-3-13(11-25)19(27)24-22-10-15-4-2-8-28-15/h2,4-6,8-10,13H,1,3,7,11-12H2,(H,23,26)(H,24,27). The molecule has 1 fully saturated rings. The largest absolute Gasteiger partial charge is 0.324 e. The van der Waals surface area contributed by atoms with Crippen LogP contribution in [0.5, 0.6) is 0 Å². The molecule has 28 heavy (non-hydrogen) atoms. The van der Waals surface area contributed by atoms with E-state index >= 15 is 0 Å². The van der Waals surface area contributed by atoms with Gasteiger partial charge in [-0.1, -0.05) is 29.3 Å². The maximum atomic E-state index is 12.4. The van der Waals surface area contributed by atoms with Gasteiger partial charge in [0.25, 0.3) is 0 Å². The van der Waals surface area contributed by atoms with Crippen molar-refractivity contribution in [2.75, 3.05) is 25.0 Å². The van der Waals surface area contributed by atoms with E-state index in [-0.39, 0.29) is 24.3 Å². The third kappa shape index (κ3) is 6.04. The molecule has 1 atom stereocenters. The van der Waals surface area contributed by atoms with E-state index in [0.717, 1.165) is 24.3 Å². The Morgan fingerprint density at radius 2 is 2.18 bits per heavy atom. The van der Waals surface area contributed by atoms with Crippen molar-refractivity contribution in [3.05, 3.63) is 50.6 Å². The number of piperidine rings is 1. The Hall–Kier alpha value is -1.93. The molecule has 2 amide bonds. The van der Waals surface area contributed by atoms with Crippen LogP contribution in [0.25, 0.3) is 0 Å². The third-order valence-corrected chi connectivity index (χ3v) is 5.73. The van der Waals surface area contributed by atoms with E-state index in [2.05, 4.69) is 15.8 Å². The van der Waals surface area contributed by atoms with Gasteiger partial charge in [-0.25, -0.2) is 5.43 Å². The van der Waals surface area contributed by atoms with Crippen molar-refractivity contribution in [3.8, 4) is 0 Å². The zero-order valence-electron chi connectivity index (χ0n) is 15.0. The molecule has 0 radical (unpaired) electrons. The number of anilines is 1. The minimum absolute atomic E-state index is 0.129. The van der Waals surface area contributed by atoms with Crippen LogP contribution in [-0.4, -0.2) is 42.6 Å². The number of carbonyl (C=O) groups excluding carboxylic acids is 2. The van der Waals surface area contributed by atoms with Crippen molar-refractivity contribution in [1.82, 2.24) is 10.3 Å². The molecule has 6 nitrogen and oxygen atoms in total. The highest BCUT2D eigenvalue weighted by Crippen LogP contribution is 2.25. The average Bonchev–Trinajstić information content (AvgIpc) is 3.18. The normalized spacial score (nSPS) is 17.6. The van der Waals surface area contributed by atoms with Gasteiger partial charge in [-0.05, 0) is 49.0 Å². The second kappa shape index (κ2) is 10.0. The van der Waals surface area contributed by atoms with E-state index in [1.54, 1.807) is 35.8 Å². The lowest BCUT2D eigenvalue weighted by molar-refractivity contribution is -0.127. The van der Waals surface area contributed by atoms with E-state index in [4.69, 9.17) is 23.2 Å². The molecule has 148 valence electrons. The topological polar surface area (TPSA) is 73.8 Å². The summed E-state index contributed by atoms with van der Waals surface area (Å²) in [6.45, 7) is 1.46. The van der Waals surface area contributed by atoms with Crippen molar-refractivity contribution >= 4 is 58.3 Å². The van der Waals surface area contributed by atoms with Crippen LogP contribution in [0.1, 0.15) is 17.7 Å². The summed E-state index contributed by atoms with van der Waals surface area (Å²) in [6, 6.07) is 8.76. The molecule has 2 aromatic rings. The second-order valence-electron chi connectivity index (χ2n) is 6.50. The number of likely N-dealkylation sites (tertiary alicyclic amines) is 1. The maximum absolute atomic E-state index is 12.4. The van der Waals surface area contributed by atoms with E-state index in [1.165, 1.54) is 0 Å². The van der Waals surface area contributed by atoms with Gasteiger partial charge in [0.2, 0.25) is 11.8 Å². The molecule has 3 rings (SSSR count). The van der Waals surface area contributed by atoms with Crippen LogP contribution >= 0.6 is 34.5 Å². The molecule has 0 aliphatic carbocycles. The quantitative estimate of drug-likeness (QED) is 0.531. The summed E-state index contributed by atoms with van der Waals surface area (Å²) >= 11 is 13.6. The predicted octanol–water partition coefficient (Wildman–Crippen LogP) is 3.86. The highest BCUT2D eigenvalue weighted by atomic mass is 35.5. The third-order valence-electron chi connectivity index (χ3n) is 4.36. The number of thiophene rings is 1. The fraction of sp³-hybridized carbons (Fsp3) is 0.316. The van der Waals surface area contributed by atoms with Crippen LogP contribution in [0.4, 0.5) is 5.69 Å². The molecule has 0 saturated carbocycles. The zero-order chi connectivity index (χ0) is 19.9. The SMILES string of the molecule is O=C(CN1CCCC(C(=O)NN=Cc2cccs2)C1)Nc1cc(Cl)ccc1Cl. The van der Waals surface area contributed by atoms with Crippen LogP contribution in [0.15, 0.2) is 40.8 Å². The molecule has 1 aromatic heterocycles. The van der Waals surface area contributed by atoms with Crippen LogP contribution in [-0.2, 0) is 9.59 Å². The van der Waals surface area contributed by atoms with Crippen LogP contribution < -0.4 is 10.7 Å². The fourth-order valence-corrected chi connectivity index (χ4v) is 3.94. The first kappa shape index (κ1) is 20.8. The summed E-state index contributed by atoms with van der Waals surface area (Å²) in [4.78, 5) is 27.6. The van der Waals surface area contributed by atoms with Crippen molar-refractivity contribution in [1.29, 1.82) is 0 Å². The number of hydrogen-bond acceptors (Lipinski definition) is 5. The number of carbonyl (C=O) groups is 2. The molecule has 1 aliphatic heterocycles. The summed E-state index contributed by atoms with van der Waals surface area (Å²) in [5.74, 6) is -0.520. The highest BCUT2D eigenvalue weighted by molar-refractivity contribution is 7.11. The second-order valence-corrected chi connectivity index (χ2v) is 8.32. The summed E-state index contributed by atoms with van der Waals surface area (Å²) in [6.07, 6.45) is 3.25. The Morgan fingerprint density at radius 1 is 1.32 bits per heavy atom. The van der Waals surface area contributed by atoms with E-state index < -0.39 is 0 Å². The summed E-state index contributed by atoms with van der Waals surface area (Å²) < 4.78 is 0. The van der Waals surface area contributed by atoms with Crippen LogP contribution in [0.2, 0.25) is 10.0 Å². The first-order chi connectivity index (χ1) is 13.5. The minimum atomic E-state index is -0.197. The van der Waals surface area contributed by atoms with Crippen LogP contribution in [0.3, 0.4) is 0 Å². The van der Waals surface area contributed by atoms with Crippen molar-refractivity contribution in [2.24, 2.45) is 11.0 Å². The number of nitrogens with zero attached hydrogens (tertiary/aromatic N) is 2. The highest BCUT2D eigenvalue weighted by Gasteiger charge is 2.26. The molecule has 2 heterocycles. The molecule has 1 unspecified atom stereocenters. The summed E-state index contributed by atoms with van der Waals surface area (Å²) in [5, 5.41) is 9.66. The number of halogens is 2. The van der Waals surface area contributed by atoms with Gasteiger partial charge >= 0.3 is 0 Å². The number of amides is 2. The average molecular weight is 439 g/mol. The molecule has 9 heteroatoms. The van der Waals surface area contributed by atoms with Gasteiger partial charge < -0.3 is 5.32 Å². The molecule has 1 aromatic carbocycles. The van der Waals surface area contributed by atoms with Crippen molar-refractivity contribution in [3.63, 3.8) is 0 Å². The number of hydrogen-bond donors (Lipinski definition) is 2. The lowest BCUT2D eigenvalue weighted by Gasteiger charge is -2.31. The minimum Gasteiger partial charge on any atom is -0.324 e. The smallest absolute Gasteiger partial charge is 0.244 e. The zero-order valence-corrected chi connectivity index (χ0v) is 17.4. The molecule has 1 saturated heterocycles. The Balaban J connectivity index is 1.49. The van der Waals surface area contributed by atoms with Gasteiger partial charge in [0, 0.05) is 16.4 Å². The number of benzene rings is 1.